The summed E-state index contributed by atoms with van der Waals surface area (Å²) in [6, 6.07) is 16.6. The molecule has 0 radical (unpaired) electrons. The van der Waals surface area contributed by atoms with Crippen molar-refractivity contribution < 1.29 is 9.53 Å². The summed E-state index contributed by atoms with van der Waals surface area (Å²) in [7, 11) is 4.01. The number of hydrogen-bond acceptors (Lipinski definition) is 3. The Bertz CT molecular complexity index is 547. The van der Waals surface area contributed by atoms with Gasteiger partial charge >= 0.3 is 0 Å². The molecule has 0 aliphatic carbocycles. The minimum absolute atomic E-state index is 0.0328. The molecule has 2 rings (SSSR count). The lowest BCUT2D eigenvalue weighted by atomic mass is 10.0. The zero-order valence-electron chi connectivity index (χ0n) is 11.9. The van der Waals surface area contributed by atoms with Gasteiger partial charge in [-0.05, 0) is 38.4 Å². The second-order valence-corrected chi connectivity index (χ2v) is 4.87. The van der Waals surface area contributed by atoms with E-state index in [1.165, 1.54) is 0 Å². The number of rotatable bonds is 6. The summed E-state index contributed by atoms with van der Waals surface area (Å²) in [5.74, 6) is 0.821. The Kier molecular flexibility index (Phi) is 4.91. The van der Waals surface area contributed by atoms with E-state index in [0.29, 0.717) is 17.7 Å². The summed E-state index contributed by atoms with van der Waals surface area (Å²) in [6.07, 6.45) is 0. The third kappa shape index (κ3) is 3.93. The number of ether oxygens (including phenoxy) is 1. The summed E-state index contributed by atoms with van der Waals surface area (Å²) in [6.45, 7) is 1.50. The van der Waals surface area contributed by atoms with Crippen molar-refractivity contribution in [2.75, 3.05) is 27.2 Å². The lowest BCUT2D eigenvalue weighted by Crippen LogP contribution is -2.19. The molecule has 0 heterocycles. The molecule has 0 spiro atoms. The average Bonchev–Trinajstić information content (AvgIpc) is 2.48. The van der Waals surface area contributed by atoms with Crippen molar-refractivity contribution in [3.05, 3.63) is 65.7 Å². The molecular weight excluding hydrogens is 250 g/mol. The maximum absolute atomic E-state index is 12.2. The number of hydrogen-bond donors (Lipinski definition) is 0. The van der Waals surface area contributed by atoms with Gasteiger partial charge in [-0.1, -0.05) is 30.3 Å². The van der Waals surface area contributed by atoms with E-state index in [1.54, 1.807) is 12.1 Å². The fraction of sp³-hybridized carbons (Fsp3) is 0.235. The summed E-state index contributed by atoms with van der Waals surface area (Å²) >= 11 is 0. The van der Waals surface area contributed by atoms with Crippen molar-refractivity contribution >= 4 is 5.78 Å². The molecule has 3 heteroatoms. The number of likely N-dealkylation sites (N-methyl/N-ethyl adjacent to an activating group) is 1. The van der Waals surface area contributed by atoms with Gasteiger partial charge in [-0.25, -0.2) is 0 Å². The standard InChI is InChI=1S/C17H19NO2/c1-18(2)12-13-20-16-10-8-15(9-11-16)17(19)14-6-4-3-5-7-14/h3-11H,12-13H2,1-2H3. The van der Waals surface area contributed by atoms with Crippen LogP contribution in [0.2, 0.25) is 0 Å². The molecule has 0 aliphatic rings. The first kappa shape index (κ1) is 14.3. The maximum atomic E-state index is 12.2. The highest BCUT2D eigenvalue weighted by Crippen LogP contribution is 2.15. The van der Waals surface area contributed by atoms with E-state index in [4.69, 9.17) is 4.74 Å². The van der Waals surface area contributed by atoms with E-state index in [9.17, 15) is 4.79 Å². The SMILES string of the molecule is CN(C)CCOc1ccc(C(=O)c2ccccc2)cc1. The minimum atomic E-state index is 0.0328. The molecule has 3 nitrogen and oxygen atoms in total. The monoisotopic (exact) mass is 269 g/mol. The van der Waals surface area contributed by atoms with Crippen LogP contribution in [0.3, 0.4) is 0 Å². The lowest BCUT2D eigenvalue weighted by Gasteiger charge is -2.11. The molecule has 0 atom stereocenters. The first-order valence-electron chi connectivity index (χ1n) is 6.64. The van der Waals surface area contributed by atoms with Gasteiger partial charge in [-0.15, -0.1) is 0 Å². The van der Waals surface area contributed by atoms with E-state index < -0.39 is 0 Å². The predicted molar refractivity (Wildman–Crippen MR) is 80.4 cm³/mol. The number of ketones is 1. The van der Waals surface area contributed by atoms with E-state index >= 15 is 0 Å². The van der Waals surface area contributed by atoms with E-state index in [-0.39, 0.29) is 5.78 Å². The van der Waals surface area contributed by atoms with Crippen molar-refractivity contribution in [3.8, 4) is 5.75 Å². The van der Waals surface area contributed by atoms with E-state index in [0.717, 1.165) is 12.3 Å². The van der Waals surface area contributed by atoms with Crippen LogP contribution < -0.4 is 4.74 Å². The molecule has 0 amide bonds. The molecule has 0 unspecified atom stereocenters. The molecular formula is C17H19NO2. The van der Waals surface area contributed by atoms with Gasteiger partial charge in [-0.2, -0.15) is 0 Å². The molecule has 0 aliphatic heterocycles. The Morgan fingerprint density at radius 2 is 1.55 bits per heavy atom. The molecule has 0 aromatic heterocycles. The highest BCUT2D eigenvalue weighted by atomic mass is 16.5. The fourth-order valence-electron chi connectivity index (χ4n) is 1.80. The van der Waals surface area contributed by atoms with Crippen molar-refractivity contribution in [1.29, 1.82) is 0 Å². The van der Waals surface area contributed by atoms with Crippen LogP contribution in [0.1, 0.15) is 15.9 Å². The van der Waals surface area contributed by atoms with Gasteiger partial charge in [0.25, 0.3) is 0 Å². The maximum Gasteiger partial charge on any atom is 0.193 e. The van der Waals surface area contributed by atoms with Crippen LogP contribution >= 0.6 is 0 Å². The second-order valence-electron chi connectivity index (χ2n) is 4.87. The summed E-state index contributed by atoms with van der Waals surface area (Å²) in [5.41, 5.74) is 1.38. The van der Waals surface area contributed by atoms with Crippen LogP contribution in [0.25, 0.3) is 0 Å². The van der Waals surface area contributed by atoms with Gasteiger partial charge in [0.1, 0.15) is 12.4 Å². The Hall–Kier alpha value is -2.13. The van der Waals surface area contributed by atoms with Gasteiger partial charge < -0.3 is 9.64 Å². The normalized spacial score (nSPS) is 10.6. The van der Waals surface area contributed by atoms with Gasteiger partial charge in [0.05, 0.1) is 0 Å². The van der Waals surface area contributed by atoms with Gasteiger partial charge in [0.15, 0.2) is 5.78 Å². The summed E-state index contributed by atoms with van der Waals surface area (Å²) in [4.78, 5) is 14.3. The second kappa shape index (κ2) is 6.87. The zero-order chi connectivity index (χ0) is 14.4. The fourth-order valence-corrected chi connectivity index (χ4v) is 1.80. The van der Waals surface area contributed by atoms with E-state index in [2.05, 4.69) is 4.90 Å². The van der Waals surface area contributed by atoms with Crippen molar-refractivity contribution in [3.63, 3.8) is 0 Å². The van der Waals surface area contributed by atoms with Crippen LogP contribution in [0, 0.1) is 0 Å². The highest BCUT2D eigenvalue weighted by Gasteiger charge is 2.08. The number of benzene rings is 2. The average molecular weight is 269 g/mol. The molecule has 0 saturated heterocycles. The lowest BCUT2D eigenvalue weighted by molar-refractivity contribution is 0.103. The third-order valence-electron chi connectivity index (χ3n) is 2.96. The van der Waals surface area contributed by atoms with Crippen LogP contribution in [0.5, 0.6) is 5.75 Å². The topological polar surface area (TPSA) is 29.5 Å². The first-order valence-corrected chi connectivity index (χ1v) is 6.64. The highest BCUT2D eigenvalue weighted by molar-refractivity contribution is 6.08. The van der Waals surface area contributed by atoms with Crippen molar-refractivity contribution in [2.45, 2.75) is 0 Å². The van der Waals surface area contributed by atoms with Crippen LogP contribution in [0.4, 0.5) is 0 Å². The number of carbonyl (C=O) groups excluding carboxylic acids is 1. The predicted octanol–water partition coefficient (Wildman–Crippen LogP) is 2.86. The zero-order valence-corrected chi connectivity index (χ0v) is 11.9. The quantitative estimate of drug-likeness (QED) is 0.755. The molecule has 2 aromatic rings. The Balaban J connectivity index is 1.99. The smallest absolute Gasteiger partial charge is 0.193 e. The molecule has 0 N–H and O–H groups in total. The molecule has 2 aromatic carbocycles. The van der Waals surface area contributed by atoms with Gasteiger partial charge in [-0.3, -0.25) is 4.79 Å². The van der Waals surface area contributed by atoms with Crippen LogP contribution in [-0.2, 0) is 0 Å². The largest absolute Gasteiger partial charge is 0.492 e. The minimum Gasteiger partial charge on any atom is -0.492 e. The third-order valence-corrected chi connectivity index (χ3v) is 2.96. The van der Waals surface area contributed by atoms with Crippen molar-refractivity contribution in [1.82, 2.24) is 4.90 Å². The van der Waals surface area contributed by atoms with Crippen LogP contribution in [-0.4, -0.2) is 37.9 Å². The molecule has 20 heavy (non-hydrogen) atoms. The first-order chi connectivity index (χ1) is 9.66. The number of nitrogens with zero attached hydrogens (tertiary/aromatic N) is 1. The molecule has 0 bridgehead atoms. The molecule has 104 valence electrons. The Morgan fingerprint density at radius 1 is 0.950 bits per heavy atom. The van der Waals surface area contributed by atoms with Crippen LogP contribution in [0.15, 0.2) is 54.6 Å². The summed E-state index contributed by atoms with van der Waals surface area (Å²) in [5, 5.41) is 0. The van der Waals surface area contributed by atoms with E-state index in [1.807, 2.05) is 56.6 Å². The molecule has 0 fully saturated rings. The Morgan fingerprint density at radius 3 is 2.15 bits per heavy atom. The van der Waals surface area contributed by atoms with Gasteiger partial charge in [0, 0.05) is 17.7 Å². The van der Waals surface area contributed by atoms with Gasteiger partial charge in [0.2, 0.25) is 0 Å². The number of carbonyl (C=O) groups is 1. The van der Waals surface area contributed by atoms with Crippen molar-refractivity contribution in [2.24, 2.45) is 0 Å². The molecule has 0 saturated carbocycles. The summed E-state index contributed by atoms with van der Waals surface area (Å²) < 4.78 is 5.60. The Labute approximate surface area is 119 Å².